The lowest BCUT2D eigenvalue weighted by Gasteiger charge is -2.20. The van der Waals surface area contributed by atoms with E-state index in [1.165, 1.54) is 0 Å². The average Bonchev–Trinajstić information content (AvgIpc) is 2.97. The highest BCUT2D eigenvalue weighted by Gasteiger charge is 2.26. The molecule has 0 atom stereocenters. The van der Waals surface area contributed by atoms with E-state index in [0.29, 0.717) is 19.8 Å². The van der Waals surface area contributed by atoms with Crippen LogP contribution in [0.3, 0.4) is 0 Å². The van der Waals surface area contributed by atoms with Gasteiger partial charge in [0.25, 0.3) is 0 Å². The quantitative estimate of drug-likeness (QED) is 0.855. The zero-order valence-electron chi connectivity index (χ0n) is 12.4. The van der Waals surface area contributed by atoms with E-state index in [0.717, 1.165) is 41.5 Å². The smallest absolute Gasteiger partial charge is 0.168 e. The van der Waals surface area contributed by atoms with Gasteiger partial charge in [-0.05, 0) is 31.4 Å². The van der Waals surface area contributed by atoms with Gasteiger partial charge in [-0.1, -0.05) is 13.0 Å². The Kier molecular flexibility index (Phi) is 4.25. The summed E-state index contributed by atoms with van der Waals surface area (Å²) in [5, 5.41) is 0.919. The van der Waals surface area contributed by atoms with Crippen LogP contribution in [-0.2, 0) is 4.74 Å². The Morgan fingerprint density at radius 1 is 1.38 bits per heavy atom. The monoisotopic (exact) mass is 287 g/mol. The predicted molar refractivity (Wildman–Crippen MR) is 82.0 cm³/mol. The van der Waals surface area contributed by atoms with Gasteiger partial charge in [0.2, 0.25) is 0 Å². The van der Waals surface area contributed by atoms with Gasteiger partial charge in [0, 0.05) is 36.4 Å². The van der Waals surface area contributed by atoms with E-state index in [2.05, 4.69) is 11.9 Å². The largest absolute Gasteiger partial charge is 0.493 e. The molecule has 3 rings (SSSR count). The molecule has 0 radical (unpaired) electrons. The molecule has 2 aromatic rings. The minimum atomic E-state index is 0.0666. The van der Waals surface area contributed by atoms with Crippen molar-refractivity contribution >= 4 is 16.7 Å². The number of Topliss-reactive ketones (excluding diaryl/α,β-unsaturated/α-hetero) is 1. The van der Waals surface area contributed by atoms with E-state index in [9.17, 15) is 4.79 Å². The predicted octanol–water partition coefficient (Wildman–Crippen LogP) is 3.57. The Hall–Kier alpha value is -1.81. The molecule has 4 nitrogen and oxygen atoms in total. The van der Waals surface area contributed by atoms with Crippen LogP contribution in [-0.4, -0.2) is 30.6 Å². The Balaban J connectivity index is 1.95. The number of carbonyl (C=O) groups is 1. The number of aromatic nitrogens is 1. The maximum atomic E-state index is 12.8. The van der Waals surface area contributed by atoms with E-state index >= 15 is 0 Å². The van der Waals surface area contributed by atoms with Crippen molar-refractivity contribution in [2.45, 2.75) is 26.2 Å². The fraction of sp³-hybridized carbons (Fsp3) is 0.471. The van der Waals surface area contributed by atoms with Crippen LogP contribution in [0.2, 0.25) is 0 Å². The summed E-state index contributed by atoms with van der Waals surface area (Å²) in [5.74, 6) is 1.07. The van der Waals surface area contributed by atoms with Crippen LogP contribution in [0, 0.1) is 5.92 Å². The maximum absolute atomic E-state index is 12.8. The molecule has 0 unspecified atom stereocenters. The first-order valence-corrected chi connectivity index (χ1v) is 7.66. The maximum Gasteiger partial charge on any atom is 0.168 e. The summed E-state index contributed by atoms with van der Waals surface area (Å²) in [6.07, 6.45) is 4.39. The molecule has 1 aliphatic heterocycles. The summed E-state index contributed by atoms with van der Waals surface area (Å²) in [5.41, 5.74) is 1.71. The molecule has 1 N–H and O–H groups in total. The molecule has 0 spiro atoms. The zero-order valence-corrected chi connectivity index (χ0v) is 12.4. The van der Waals surface area contributed by atoms with E-state index in [4.69, 9.17) is 9.47 Å². The summed E-state index contributed by atoms with van der Waals surface area (Å²) in [6, 6.07) is 5.87. The third kappa shape index (κ3) is 2.81. The van der Waals surface area contributed by atoms with E-state index in [-0.39, 0.29) is 11.7 Å². The molecule has 0 aliphatic carbocycles. The molecular formula is C17H21NO3. The number of carbonyl (C=O) groups excluding carboxylic acids is 1. The number of nitrogens with one attached hydrogen (secondary N) is 1. The Labute approximate surface area is 124 Å². The van der Waals surface area contributed by atoms with Gasteiger partial charge in [-0.2, -0.15) is 0 Å². The average molecular weight is 287 g/mol. The second-order valence-electron chi connectivity index (χ2n) is 5.48. The van der Waals surface area contributed by atoms with Crippen LogP contribution in [0.15, 0.2) is 24.4 Å². The highest BCUT2D eigenvalue weighted by molar-refractivity contribution is 6.10. The number of rotatable bonds is 5. The second kappa shape index (κ2) is 6.31. The highest BCUT2D eigenvalue weighted by Crippen LogP contribution is 2.32. The minimum Gasteiger partial charge on any atom is -0.493 e. The molecule has 2 heterocycles. The molecule has 1 aromatic heterocycles. The van der Waals surface area contributed by atoms with Gasteiger partial charge in [-0.3, -0.25) is 4.79 Å². The molecule has 1 aromatic carbocycles. The van der Waals surface area contributed by atoms with Crippen molar-refractivity contribution in [3.05, 3.63) is 30.0 Å². The number of H-pyrrole nitrogens is 1. The fourth-order valence-corrected chi connectivity index (χ4v) is 2.86. The lowest BCUT2D eigenvalue weighted by atomic mass is 9.90. The molecular weight excluding hydrogens is 266 g/mol. The van der Waals surface area contributed by atoms with E-state index in [1.54, 1.807) is 0 Å². The third-order valence-electron chi connectivity index (χ3n) is 3.99. The van der Waals surface area contributed by atoms with Gasteiger partial charge >= 0.3 is 0 Å². The number of hydrogen-bond acceptors (Lipinski definition) is 3. The molecule has 1 aliphatic rings. The Bertz CT molecular complexity index is 626. The lowest BCUT2D eigenvalue weighted by Crippen LogP contribution is -2.23. The van der Waals surface area contributed by atoms with Crippen molar-refractivity contribution in [1.29, 1.82) is 0 Å². The Morgan fingerprint density at radius 2 is 2.19 bits per heavy atom. The van der Waals surface area contributed by atoms with E-state index < -0.39 is 0 Å². The number of ether oxygens (including phenoxy) is 2. The van der Waals surface area contributed by atoms with Gasteiger partial charge in [0.15, 0.2) is 5.78 Å². The third-order valence-corrected chi connectivity index (χ3v) is 3.99. The minimum absolute atomic E-state index is 0.0666. The number of aromatic amines is 1. The van der Waals surface area contributed by atoms with Crippen LogP contribution in [0.25, 0.3) is 10.9 Å². The molecule has 0 saturated carbocycles. The van der Waals surface area contributed by atoms with Crippen molar-refractivity contribution in [2.24, 2.45) is 5.92 Å². The molecule has 1 fully saturated rings. The van der Waals surface area contributed by atoms with Crippen LogP contribution in [0.1, 0.15) is 36.5 Å². The lowest BCUT2D eigenvalue weighted by molar-refractivity contribution is 0.0546. The highest BCUT2D eigenvalue weighted by atomic mass is 16.5. The Morgan fingerprint density at radius 3 is 2.95 bits per heavy atom. The van der Waals surface area contributed by atoms with Crippen molar-refractivity contribution in [2.75, 3.05) is 19.8 Å². The molecule has 0 amide bonds. The fourth-order valence-electron chi connectivity index (χ4n) is 2.86. The molecule has 1 saturated heterocycles. The van der Waals surface area contributed by atoms with Crippen molar-refractivity contribution in [3.63, 3.8) is 0 Å². The van der Waals surface area contributed by atoms with Crippen molar-refractivity contribution in [3.8, 4) is 5.75 Å². The van der Waals surface area contributed by atoms with Gasteiger partial charge in [-0.15, -0.1) is 0 Å². The summed E-state index contributed by atoms with van der Waals surface area (Å²) in [7, 11) is 0. The number of benzene rings is 1. The molecule has 21 heavy (non-hydrogen) atoms. The summed E-state index contributed by atoms with van der Waals surface area (Å²) in [6.45, 7) is 4.09. The second-order valence-corrected chi connectivity index (χ2v) is 5.48. The number of ketones is 1. The van der Waals surface area contributed by atoms with Crippen LogP contribution in [0.4, 0.5) is 0 Å². The van der Waals surface area contributed by atoms with Gasteiger partial charge < -0.3 is 14.5 Å². The number of hydrogen-bond donors (Lipinski definition) is 1. The SMILES string of the molecule is CCCOc1cccc2[nH]cc(C(=O)C3CCOCC3)c12. The van der Waals surface area contributed by atoms with Crippen molar-refractivity contribution in [1.82, 2.24) is 4.98 Å². The van der Waals surface area contributed by atoms with Gasteiger partial charge in [0.05, 0.1) is 12.0 Å². The van der Waals surface area contributed by atoms with E-state index in [1.807, 2.05) is 24.4 Å². The zero-order chi connectivity index (χ0) is 14.7. The first-order valence-electron chi connectivity index (χ1n) is 7.66. The normalized spacial score (nSPS) is 16.2. The molecule has 0 bridgehead atoms. The topological polar surface area (TPSA) is 51.3 Å². The van der Waals surface area contributed by atoms with Gasteiger partial charge in [-0.25, -0.2) is 0 Å². The molecule has 4 heteroatoms. The van der Waals surface area contributed by atoms with Gasteiger partial charge in [0.1, 0.15) is 5.75 Å². The van der Waals surface area contributed by atoms with Crippen LogP contribution < -0.4 is 4.74 Å². The molecule has 112 valence electrons. The summed E-state index contributed by atoms with van der Waals surface area (Å²) < 4.78 is 11.2. The first-order chi connectivity index (χ1) is 10.3. The van der Waals surface area contributed by atoms with Crippen LogP contribution in [0.5, 0.6) is 5.75 Å². The first kappa shape index (κ1) is 14.1. The van der Waals surface area contributed by atoms with Crippen molar-refractivity contribution < 1.29 is 14.3 Å². The summed E-state index contributed by atoms with van der Waals surface area (Å²) in [4.78, 5) is 16.0. The standard InChI is InChI=1S/C17H21NO3/c1-2-8-21-15-5-3-4-14-16(15)13(11-18-14)17(19)12-6-9-20-10-7-12/h3-5,11-12,18H,2,6-10H2,1H3. The number of fused-ring (bicyclic) bond motifs is 1. The summed E-state index contributed by atoms with van der Waals surface area (Å²) >= 11 is 0. The van der Waals surface area contributed by atoms with Crippen LogP contribution >= 0.6 is 0 Å².